The molecule has 4 nitrogen and oxygen atoms in total. The highest BCUT2D eigenvalue weighted by molar-refractivity contribution is 7.09. The van der Waals surface area contributed by atoms with Crippen molar-refractivity contribution in [3.05, 3.63) is 45.9 Å². The number of carbonyl (C=O) groups is 1. The highest BCUT2D eigenvalue weighted by atomic mass is 32.1. The molecule has 0 unspecified atom stereocenters. The Kier molecular flexibility index (Phi) is 3.93. The van der Waals surface area contributed by atoms with E-state index >= 15 is 0 Å². The van der Waals surface area contributed by atoms with Gasteiger partial charge in [0.15, 0.2) is 5.69 Å². The molecule has 0 radical (unpaired) electrons. The maximum Gasteiger partial charge on any atom is 0.419 e. The van der Waals surface area contributed by atoms with Crippen LogP contribution in [0, 0.1) is 0 Å². The lowest BCUT2D eigenvalue weighted by Crippen LogP contribution is -2.09. The monoisotopic (exact) mass is 303 g/mol. The van der Waals surface area contributed by atoms with Gasteiger partial charge in [-0.15, -0.1) is 11.3 Å². The van der Waals surface area contributed by atoms with Crippen LogP contribution in [0.2, 0.25) is 0 Å². The normalized spacial score (nSPS) is 11.3. The minimum Gasteiger partial charge on any atom is -0.487 e. The summed E-state index contributed by atoms with van der Waals surface area (Å²) in [6.07, 6.45) is -4.53. The molecule has 0 aliphatic carbocycles. The summed E-state index contributed by atoms with van der Waals surface area (Å²) in [5.74, 6) is -1.58. The van der Waals surface area contributed by atoms with Gasteiger partial charge in [-0.2, -0.15) is 13.2 Å². The Morgan fingerprint density at radius 2 is 2.05 bits per heavy atom. The molecule has 1 heterocycles. The number of carboxylic acids is 1. The van der Waals surface area contributed by atoms with E-state index in [1.165, 1.54) is 23.7 Å². The number of aromatic carboxylic acids is 1. The number of halogens is 3. The molecule has 0 fully saturated rings. The highest BCUT2D eigenvalue weighted by Crippen LogP contribution is 2.36. The average molecular weight is 303 g/mol. The first kappa shape index (κ1) is 14.3. The van der Waals surface area contributed by atoms with Crippen LogP contribution in [-0.2, 0) is 12.8 Å². The number of ether oxygens (including phenoxy) is 1. The third-order valence-corrected chi connectivity index (χ3v) is 3.20. The van der Waals surface area contributed by atoms with Crippen LogP contribution in [0.15, 0.2) is 29.8 Å². The molecular formula is C12H8F3NO3S. The molecule has 1 aromatic carbocycles. The second-order valence-electron chi connectivity index (χ2n) is 3.71. The number of rotatable bonds is 4. The molecule has 1 N–H and O–H groups in total. The van der Waals surface area contributed by atoms with Crippen molar-refractivity contribution in [1.29, 1.82) is 0 Å². The molecule has 2 rings (SSSR count). The Balaban J connectivity index is 2.20. The first-order valence-corrected chi connectivity index (χ1v) is 6.22. The third-order valence-electron chi connectivity index (χ3n) is 2.39. The summed E-state index contributed by atoms with van der Waals surface area (Å²) < 4.78 is 43.3. The molecule has 1 aromatic heterocycles. The topological polar surface area (TPSA) is 59.4 Å². The Morgan fingerprint density at radius 3 is 2.70 bits per heavy atom. The van der Waals surface area contributed by atoms with Crippen LogP contribution < -0.4 is 4.74 Å². The van der Waals surface area contributed by atoms with Crippen molar-refractivity contribution < 1.29 is 27.8 Å². The fraction of sp³-hybridized carbons (Fsp3) is 0.167. The van der Waals surface area contributed by atoms with Crippen LogP contribution in [0.5, 0.6) is 5.75 Å². The van der Waals surface area contributed by atoms with Crippen molar-refractivity contribution in [3.63, 3.8) is 0 Å². The molecule has 0 saturated carbocycles. The van der Waals surface area contributed by atoms with Gasteiger partial charge in [0.25, 0.3) is 0 Å². The zero-order valence-corrected chi connectivity index (χ0v) is 10.7. The van der Waals surface area contributed by atoms with Crippen molar-refractivity contribution in [1.82, 2.24) is 4.98 Å². The quantitative estimate of drug-likeness (QED) is 0.940. The standard InChI is InChI=1S/C12H8F3NO3S/c13-12(14,15)7-3-1-2-4-8(7)19-5-9-10(11(17)18)16-6-20-9/h1-4,6H,5H2,(H,17,18). The van der Waals surface area contributed by atoms with Gasteiger partial charge in [0.05, 0.1) is 16.0 Å². The first-order chi connectivity index (χ1) is 9.39. The van der Waals surface area contributed by atoms with Crippen LogP contribution in [0.1, 0.15) is 20.9 Å². The molecule has 0 atom stereocenters. The maximum absolute atomic E-state index is 12.7. The highest BCUT2D eigenvalue weighted by Gasteiger charge is 2.34. The summed E-state index contributed by atoms with van der Waals surface area (Å²) in [7, 11) is 0. The molecule has 0 aliphatic heterocycles. The van der Waals surface area contributed by atoms with Gasteiger partial charge in [0.1, 0.15) is 12.4 Å². The van der Waals surface area contributed by atoms with Gasteiger partial charge < -0.3 is 9.84 Å². The van der Waals surface area contributed by atoms with E-state index in [1.807, 2.05) is 0 Å². The van der Waals surface area contributed by atoms with Crippen molar-refractivity contribution in [2.24, 2.45) is 0 Å². The van der Waals surface area contributed by atoms with Gasteiger partial charge in [-0.05, 0) is 12.1 Å². The fourth-order valence-electron chi connectivity index (χ4n) is 1.52. The lowest BCUT2D eigenvalue weighted by molar-refractivity contribution is -0.139. The summed E-state index contributed by atoms with van der Waals surface area (Å²) in [5.41, 5.74) is 0.193. The molecule has 2 aromatic rings. The zero-order chi connectivity index (χ0) is 14.8. The van der Waals surface area contributed by atoms with Crippen LogP contribution in [0.25, 0.3) is 0 Å². The van der Waals surface area contributed by atoms with E-state index in [9.17, 15) is 18.0 Å². The van der Waals surface area contributed by atoms with Crippen molar-refractivity contribution in [2.75, 3.05) is 0 Å². The number of carboxylic acid groups (broad SMARTS) is 1. The molecule has 8 heteroatoms. The molecule has 0 spiro atoms. The predicted molar refractivity (Wildman–Crippen MR) is 64.8 cm³/mol. The molecule has 0 amide bonds. The fourth-order valence-corrected chi connectivity index (χ4v) is 2.18. The van der Waals surface area contributed by atoms with Crippen LogP contribution in [0.4, 0.5) is 13.2 Å². The van der Waals surface area contributed by atoms with Gasteiger partial charge in [-0.1, -0.05) is 12.1 Å². The SMILES string of the molecule is O=C(O)c1ncsc1COc1ccccc1C(F)(F)F. The van der Waals surface area contributed by atoms with Gasteiger partial charge in [-0.3, -0.25) is 0 Å². The number of aromatic nitrogens is 1. The summed E-state index contributed by atoms with van der Waals surface area (Å²) in [4.78, 5) is 14.7. The maximum atomic E-state index is 12.7. The number of hydrogen-bond donors (Lipinski definition) is 1. The van der Waals surface area contributed by atoms with Crippen molar-refractivity contribution in [3.8, 4) is 5.75 Å². The Morgan fingerprint density at radius 1 is 1.35 bits per heavy atom. The summed E-state index contributed by atoms with van der Waals surface area (Å²) >= 11 is 1.01. The molecule has 106 valence electrons. The first-order valence-electron chi connectivity index (χ1n) is 5.34. The van der Waals surface area contributed by atoms with Crippen LogP contribution in [0.3, 0.4) is 0 Å². The van der Waals surface area contributed by atoms with Crippen molar-refractivity contribution in [2.45, 2.75) is 12.8 Å². The van der Waals surface area contributed by atoms with E-state index in [0.29, 0.717) is 0 Å². The number of hydrogen-bond acceptors (Lipinski definition) is 4. The number of para-hydroxylation sites is 1. The van der Waals surface area contributed by atoms with Gasteiger partial charge >= 0.3 is 12.1 Å². The second kappa shape index (κ2) is 5.49. The van der Waals surface area contributed by atoms with Gasteiger partial charge in [-0.25, -0.2) is 9.78 Å². The van der Waals surface area contributed by atoms with Gasteiger partial charge in [0, 0.05) is 0 Å². The van der Waals surface area contributed by atoms with E-state index in [-0.39, 0.29) is 22.9 Å². The van der Waals surface area contributed by atoms with E-state index in [4.69, 9.17) is 9.84 Å². The molecule has 0 saturated heterocycles. The number of nitrogens with zero attached hydrogens (tertiary/aromatic N) is 1. The van der Waals surface area contributed by atoms with Crippen LogP contribution >= 0.6 is 11.3 Å². The number of benzene rings is 1. The van der Waals surface area contributed by atoms with Crippen molar-refractivity contribution >= 4 is 17.3 Å². The van der Waals surface area contributed by atoms with E-state index in [0.717, 1.165) is 17.4 Å². The second-order valence-corrected chi connectivity index (χ2v) is 4.65. The smallest absolute Gasteiger partial charge is 0.419 e. The van der Waals surface area contributed by atoms with Gasteiger partial charge in [0.2, 0.25) is 0 Å². The Hall–Kier alpha value is -2.09. The lowest BCUT2D eigenvalue weighted by atomic mass is 10.2. The molecular weight excluding hydrogens is 295 g/mol. The average Bonchev–Trinajstić information content (AvgIpc) is 2.84. The minimum atomic E-state index is -4.53. The largest absolute Gasteiger partial charge is 0.487 e. The third kappa shape index (κ3) is 3.08. The molecule has 20 heavy (non-hydrogen) atoms. The lowest BCUT2D eigenvalue weighted by Gasteiger charge is -2.13. The number of alkyl halides is 3. The summed E-state index contributed by atoms with van der Waals surface area (Å²) in [6.45, 7) is -0.278. The van der Waals surface area contributed by atoms with Crippen LogP contribution in [-0.4, -0.2) is 16.1 Å². The number of thiazole rings is 1. The van der Waals surface area contributed by atoms with E-state index < -0.39 is 17.7 Å². The predicted octanol–water partition coefficient (Wildman–Crippen LogP) is 3.44. The zero-order valence-electron chi connectivity index (χ0n) is 9.85. The minimum absolute atomic E-state index is 0.209. The Bertz CT molecular complexity index is 624. The summed E-state index contributed by atoms with van der Waals surface area (Å²) in [6, 6.07) is 4.75. The molecule has 0 bridgehead atoms. The van der Waals surface area contributed by atoms with E-state index in [1.54, 1.807) is 0 Å². The Labute approximate surface area is 115 Å². The summed E-state index contributed by atoms with van der Waals surface area (Å²) in [5, 5.41) is 8.84. The molecule has 0 aliphatic rings. The van der Waals surface area contributed by atoms with E-state index in [2.05, 4.69) is 4.98 Å².